The van der Waals surface area contributed by atoms with Crippen molar-refractivity contribution in [2.45, 2.75) is 50.8 Å². The predicted octanol–water partition coefficient (Wildman–Crippen LogP) is 3.60. The summed E-state index contributed by atoms with van der Waals surface area (Å²) in [6.45, 7) is 2.23. The first-order valence-electron chi connectivity index (χ1n) is 10.0. The molecule has 1 aliphatic rings. The van der Waals surface area contributed by atoms with Gasteiger partial charge < -0.3 is 19.5 Å². The summed E-state index contributed by atoms with van der Waals surface area (Å²) in [7, 11) is 2.56. The molecule has 0 bridgehead atoms. The lowest BCUT2D eigenvalue weighted by Crippen LogP contribution is -2.47. The number of nitrogens with one attached hydrogen (secondary N) is 2. The molecule has 12 heteroatoms. The van der Waals surface area contributed by atoms with E-state index in [0.29, 0.717) is 11.4 Å². The highest BCUT2D eigenvalue weighted by Crippen LogP contribution is 2.54. The molecule has 1 aliphatic heterocycles. The van der Waals surface area contributed by atoms with Gasteiger partial charge in [0.15, 0.2) is 17.2 Å². The molecule has 7 nitrogen and oxygen atoms in total. The Hall–Kier alpha value is -2.73. The van der Waals surface area contributed by atoms with E-state index in [1.807, 2.05) is 0 Å². The molecule has 0 aliphatic carbocycles. The maximum absolute atomic E-state index is 14.3. The Labute approximate surface area is 186 Å². The molecule has 1 fully saturated rings. The van der Waals surface area contributed by atoms with Crippen molar-refractivity contribution >= 4 is 5.91 Å². The first-order valence-corrected chi connectivity index (χ1v) is 10.0. The highest BCUT2D eigenvalue weighted by atomic mass is 19.4. The lowest BCUT2D eigenvalue weighted by Gasteiger charge is -2.32. The number of amides is 1. The molecule has 0 spiro atoms. The zero-order valence-corrected chi connectivity index (χ0v) is 18.3. The van der Waals surface area contributed by atoms with Crippen molar-refractivity contribution in [2.24, 2.45) is 5.92 Å². The molecule has 0 radical (unpaired) electrons. The number of aromatic nitrogens is 2. The minimum absolute atomic E-state index is 0.0980. The summed E-state index contributed by atoms with van der Waals surface area (Å²) in [6.07, 6.45) is -6.48. The van der Waals surface area contributed by atoms with Gasteiger partial charge in [-0.3, -0.25) is 9.89 Å². The van der Waals surface area contributed by atoms with Gasteiger partial charge in [-0.05, 0) is 19.1 Å². The van der Waals surface area contributed by atoms with Gasteiger partial charge in [0.05, 0.1) is 31.6 Å². The molecule has 1 saturated heterocycles. The molecule has 0 unspecified atom stereocenters. The van der Waals surface area contributed by atoms with Crippen LogP contribution in [0.15, 0.2) is 18.2 Å². The highest BCUT2D eigenvalue weighted by molar-refractivity contribution is 5.82. The van der Waals surface area contributed by atoms with Crippen LogP contribution in [0.3, 0.4) is 0 Å². The molecule has 33 heavy (non-hydrogen) atoms. The van der Waals surface area contributed by atoms with E-state index in [4.69, 9.17) is 14.2 Å². The third kappa shape index (κ3) is 4.54. The van der Waals surface area contributed by atoms with Gasteiger partial charge in [-0.25, -0.2) is 4.39 Å². The van der Waals surface area contributed by atoms with Gasteiger partial charge in [0.25, 0.3) is 0 Å². The van der Waals surface area contributed by atoms with Crippen molar-refractivity contribution in [1.82, 2.24) is 15.5 Å². The van der Waals surface area contributed by atoms with E-state index in [2.05, 4.69) is 15.5 Å². The van der Waals surface area contributed by atoms with E-state index in [9.17, 15) is 26.7 Å². The topological polar surface area (TPSA) is 85.5 Å². The Bertz CT molecular complexity index is 1010. The minimum Gasteiger partial charge on any atom is -0.493 e. The molecule has 3 rings (SSSR count). The number of nitrogens with zero attached hydrogens (tertiary/aromatic N) is 1. The van der Waals surface area contributed by atoms with Gasteiger partial charge in [0, 0.05) is 24.5 Å². The van der Waals surface area contributed by atoms with Crippen LogP contribution in [0.1, 0.15) is 36.7 Å². The van der Waals surface area contributed by atoms with Crippen LogP contribution in [0.5, 0.6) is 5.75 Å². The molecule has 2 N–H and O–H groups in total. The second kappa shape index (κ2) is 9.26. The third-order valence-electron chi connectivity index (χ3n) is 6.00. The lowest BCUT2D eigenvalue weighted by molar-refractivity contribution is -0.272. The van der Waals surface area contributed by atoms with E-state index in [0.717, 1.165) is 26.2 Å². The molecule has 182 valence electrons. The largest absolute Gasteiger partial charge is 0.493 e. The number of aromatic amines is 1. The molecule has 2 heterocycles. The number of carbonyl (C=O) groups is 1. The number of methoxy groups -OCH3 is 2. The molecule has 1 aromatic heterocycles. The van der Waals surface area contributed by atoms with Crippen LogP contribution < -0.4 is 10.1 Å². The van der Waals surface area contributed by atoms with Crippen molar-refractivity contribution in [3.05, 3.63) is 46.8 Å². The molecule has 1 aromatic carbocycles. The van der Waals surface area contributed by atoms with Crippen LogP contribution in [0.25, 0.3) is 0 Å². The van der Waals surface area contributed by atoms with E-state index >= 15 is 0 Å². The fraction of sp³-hybridized carbons (Fsp3) is 0.524. The summed E-state index contributed by atoms with van der Waals surface area (Å²) >= 11 is 0. The number of hydrogen-bond donors (Lipinski definition) is 2. The number of halogens is 5. The third-order valence-corrected chi connectivity index (χ3v) is 6.00. The highest BCUT2D eigenvalue weighted by Gasteiger charge is 2.65. The Morgan fingerprint density at radius 3 is 2.61 bits per heavy atom. The summed E-state index contributed by atoms with van der Waals surface area (Å²) in [5.74, 6) is -6.62. The average molecular weight is 477 g/mol. The number of carbonyl (C=O) groups excluding carboxylic acids is 1. The Kier molecular flexibility index (Phi) is 6.99. The predicted molar refractivity (Wildman–Crippen MR) is 105 cm³/mol. The molecule has 1 amide bonds. The SMILES string of the molecule is COCc1cc(CNC(=O)[C@@H]2O[C@@](C)(C(F)(F)F)[C@@H](C)[C@H]2c2ccc(F)c(F)c2OC)n[nH]1. The van der Waals surface area contributed by atoms with Crippen LogP contribution >= 0.6 is 0 Å². The summed E-state index contributed by atoms with van der Waals surface area (Å²) in [5.41, 5.74) is -1.75. The Morgan fingerprint density at radius 2 is 2.00 bits per heavy atom. The maximum Gasteiger partial charge on any atom is 0.417 e. The van der Waals surface area contributed by atoms with Gasteiger partial charge in [0.2, 0.25) is 11.7 Å². The van der Waals surface area contributed by atoms with E-state index in [1.165, 1.54) is 14.0 Å². The molecular formula is C21H24F5N3O4. The van der Waals surface area contributed by atoms with Crippen molar-refractivity contribution in [3.63, 3.8) is 0 Å². The summed E-state index contributed by atoms with van der Waals surface area (Å²) < 4.78 is 85.1. The first-order chi connectivity index (χ1) is 15.4. The monoisotopic (exact) mass is 477 g/mol. The van der Waals surface area contributed by atoms with Crippen LogP contribution in [-0.4, -0.2) is 48.2 Å². The zero-order valence-electron chi connectivity index (χ0n) is 18.3. The van der Waals surface area contributed by atoms with Crippen LogP contribution in [0.4, 0.5) is 22.0 Å². The summed E-state index contributed by atoms with van der Waals surface area (Å²) in [6, 6.07) is 3.51. The summed E-state index contributed by atoms with van der Waals surface area (Å²) in [5, 5.41) is 9.20. The summed E-state index contributed by atoms with van der Waals surface area (Å²) in [4.78, 5) is 13.0. The van der Waals surface area contributed by atoms with Gasteiger partial charge >= 0.3 is 6.18 Å². The number of alkyl halides is 3. The van der Waals surface area contributed by atoms with Crippen molar-refractivity contribution < 1.29 is 41.0 Å². The van der Waals surface area contributed by atoms with Crippen LogP contribution in [-0.2, 0) is 27.4 Å². The Morgan fingerprint density at radius 1 is 1.30 bits per heavy atom. The number of H-pyrrole nitrogens is 1. The molecular weight excluding hydrogens is 453 g/mol. The maximum atomic E-state index is 14.3. The van der Waals surface area contributed by atoms with E-state index < -0.39 is 53.0 Å². The molecule has 0 saturated carbocycles. The number of hydrogen-bond acceptors (Lipinski definition) is 5. The van der Waals surface area contributed by atoms with Gasteiger partial charge in [-0.15, -0.1) is 0 Å². The van der Waals surface area contributed by atoms with Crippen molar-refractivity contribution in [1.29, 1.82) is 0 Å². The quantitative estimate of drug-likeness (QED) is 0.596. The minimum atomic E-state index is -4.83. The fourth-order valence-corrected chi connectivity index (χ4v) is 4.05. The number of rotatable bonds is 7. The number of benzene rings is 1. The van der Waals surface area contributed by atoms with Crippen LogP contribution in [0.2, 0.25) is 0 Å². The van der Waals surface area contributed by atoms with E-state index in [1.54, 1.807) is 6.07 Å². The average Bonchev–Trinajstić information content (AvgIpc) is 3.31. The van der Waals surface area contributed by atoms with Crippen molar-refractivity contribution in [2.75, 3.05) is 14.2 Å². The van der Waals surface area contributed by atoms with Crippen molar-refractivity contribution in [3.8, 4) is 5.75 Å². The van der Waals surface area contributed by atoms with Gasteiger partial charge in [-0.2, -0.15) is 22.7 Å². The normalized spacial score (nSPS) is 25.3. The second-order valence-corrected chi connectivity index (χ2v) is 7.98. The fourth-order valence-electron chi connectivity index (χ4n) is 4.05. The second-order valence-electron chi connectivity index (χ2n) is 7.98. The molecule has 4 atom stereocenters. The van der Waals surface area contributed by atoms with Gasteiger partial charge in [0.1, 0.15) is 6.10 Å². The Balaban J connectivity index is 1.94. The van der Waals surface area contributed by atoms with Gasteiger partial charge in [-0.1, -0.05) is 13.0 Å². The van der Waals surface area contributed by atoms with E-state index in [-0.39, 0.29) is 18.7 Å². The number of ether oxygens (including phenoxy) is 3. The standard InChI is InChI=1S/C21H24F5N3O4/c1-10-15(13-5-6-14(22)16(23)17(13)32-4)18(33-20(10,2)21(24,25)26)19(30)27-8-11-7-12(9-31-3)29-28-11/h5-7,10,15,18H,8-9H2,1-4H3,(H,27,30)(H,28,29)/t10-,15-,18+,20+/m0/s1. The molecule has 2 aromatic rings. The smallest absolute Gasteiger partial charge is 0.417 e. The lowest BCUT2D eigenvalue weighted by atomic mass is 9.77. The van der Waals surface area contributed by atoms with Crippen LogP contribution in [0, 0.1) is 17.6 Å². The zero-order chi connectivity index (χ0) is 24.6. The first kappa shape index (κ1) is 24.9.